The minimum absolute atomic E-state index is 0.0511. The van der Waals surface area contributed by atoms with Gasteiger partial charge in [0.1, 0.15) is 0 Å². The lowest BCUT2D eigenvalue weighted by molar-refractivity contribution is -0.121. The number of carbonyl (C=O) groups is 1. The third kappa shape index (κ3) is 5.74. The summed E-state index contributed by atoms with van der Waals surface area (Å²) in [5.41, 5.74) is 3.08. The molecule has 3 aromatic rings. The van der Waals surface area contributed by atoms with E-state index in [1.54, 1.807) is 11.3 Å². The Labute approximate surface area is 162 Å². The molecule has 0 atom stereocenters. The Morgan fingerprint density at radius 2 is 2.07 bits per heavy atom. The molecular weight excluding hydrogens is 362 g/mol. The number of ether oxygens (including phenoxy) is 1. The van der Waals surface area contributed by atoms with Crippen LogP contribution < -0.4 is 5.32 Å². The average Bonchev–Trinajstić information content (AvgIpc) is 3.35. The maximum atomic E-state index is 12.2. The summed E-state index contributed by atoms with van der Waals surface area (Å²) in [6, 6.07) is 9.90. The van der Waals surface area contributed by atoms with Crippen molar-refractivity contribution in [3.63, 3.8) is 0 Å². The number of carbonyl (C=O) groups excluding carboxylic acids is 1. The van der Waals surface area contributed by atoms with E-state index < -0.39 is 0 Å². The number of aromatic nitrogens is 2. The van der Waals surface area contributed by atoms with Crippen LogP contribution in [0.3, 0.4) is 0 Å². The number of hydrogen-bond donors (Lipinski definition) is 1. The van der Waals surface area contributed by atoms with E-state index in [9.17, 15) is 4.79 Å². The summed E-state index contributed by atoms with van der Waals surface area (Å²) < 4.78 is 10.9. The maximum Gasteiger partial charge on any atom is 0.227 e. The second kappa shape index (κ2) is 9.43. The average molecular weight is 385 g/mol. The minimum Gasteiger partial charge on any atom is -0.374 e. The fraction of sp³-hybridized carbons (Fsp3) is 0.350. The lowest BCUT2D eigenvalue weighted by atomic mass is 10.1. The molecule has 0 saturated carbocycles. The van der Waals surface area contributed by atoms with Gasteiger partial charge >= 0.3 is 0 Å². The number of rotatable bonds is 9. The van der Waals surface area contributed by atoms with Gasteiger partial charge in [-0.1, -0.05) is 29.4 Å². The van der Waals surface area contributed by atoms with Crippen molar-refractivity contribution in [1.29, 1.82) is 0 Å². The topological polar surface area (TPSA) is 77.2 Å². The van der Waals surface area contributed by atoms with Crippen LogP contribution in [-0.2, 0) is 29.1 Å². The third-order valence-corrected chi connectivity index (χ3v) is 4.66. The summed E-state index contributed by atoms with van der Waals surface area (Å²) in [7, 11) is 0. The van der Waals surface area contributed by atoms with Crippen molar-refractivity contribution >= 4 is 17.2 Å². The molecule has 142 valence electrons. The molecule has 0 spiro atoms. The SMILES string of the molecule is CC(C)OCc1ccccc1CNC(=O)CCc1nc(-c2ccsc2)no1. The van der Waals surface area contributed by atoms with Crippen molar-refractivity contribution in [3.8, 4) is 11.4 Å². The highest BCUT2D eigenvalue weighted by molar-refractivity contribution is 7.08. The van der Waals surface area contributed by atoms with Gasteiger partial charge in [-0.15, -0.1) is 0 Å². The van der Waals surface area contributed by atoms with Gasteiger partial charge in [-0.3, -0.25) is 4.79 Å². The van der Waals surface area contributed by atoms with E-state index in [2.05, 4.69) is 15.5 Å². The number of amides is 1. The number of nitrogens with zero attached hydrogens (tertiary/aromatic N) is 2. The molecule has 0 radical (unpaired) electrons. The zero-order chi connectivity index (χ0) is 19.1. The molecule has 3 rings (SSSR count). The largest absolute Gasteiger partial charge is 0.374 e. The molecule has 1 amide bonds. The molecule has 7 heteroatoms. The highest BCUT2D eigenvalue weighted by Gasteiger charge is 2.11. The predicted octanol–water partition coefficient (Wildman–Crippen LogP) is 3.97. The summed E-state index contributed by atoms with van der Waals surface area (Å²) in [4.78, 5) is 16.5. The van der Waals surface area contributed by atoms with E-state index in [1.807, 2.05) is 54.9 Å². The van der Waals surface area contributed by atoms with Gasteiger partial charge in [0.25, 0.3) is 0 Å². The van der Waals surface area contributed by atoms with Crippen LogP contribution in [0, 0.1) is 0 Å². The Morgan fingerprint density at radius 1 is 1.26 bits per heavy atom. The standard InChI is InChI=1S/C20H23N3O3S/c1-14(2)25-12-16-6-4-3-5-15(16)11-21-18(24)7-8-19-22-20(23-26-19)17-9-10-27-13-17/h3-6,9-10,13-14H,7-8,11-12H2,1-2H3,(H,21,24). The van der Waals surface area contributed by atoms with Crippen LogP contribution in [-0.4, -0.2) is 22.2 Å². The zero-order valence-corrected chi connectivity index (χ0v) is 16.3. The highest BCUT2D eigenvalue weighted by atomic mass is 32.1. The Bertz CT molecular complexity index is 859. The molecular formula is C20H23N3O3S. The van der Waals surface area contributed by atoms with E-state index in [1.165, 1.54) is 0 Å². The molecule has 0 bridgehead atoms. The molecule has 0 aliphatic heterocycles. The zero-order valence-electron chi connectivity index (χ0n) is 15.5. The molecule has 27 heavy (non-hydrogen) atoms. The first-order valence-electron chi connectivity index (χ1n) is 8.92. The van der Waals surface area contributed by atoms with Gasteiger partial charge < -0.3 is 14.6 Å². The van der Waals surface area contributed by atoms with E-state index >= 15 is 0 Å². The Morgan fingerprint density at radius 3 is 2.81 bits per heavy atom. The molecule has 1 N–H and O–H groups in total. The second-order valence-electron chi connectivity index (χ2n) is 6.43. The monoisotopic (exact) mass is 385 g/mol. The molecule has 0 saturated heterocycles. The van der Waals surface area contributed by atoms with Crippen molar-refractivity contribution < 1.29 is 14.1 Å². The van der Waals surface area contributed by atoms with E-state index in [4.69, 9.17) is 9.26 Å². The number of aryl methyl sites for hydroxylation is 1. The molecule has 6 nitrogen and oxygen atoms in total. The summed E-state index contributed by atoms with van der Waals surface area (Å²) in [5.74, 6) is 0.979. The molecule has 0 unspecified atom stereocenters. The van der Waals surface area contributed by atoms with Crippen LogP contribution in [0.1, 0.15) is 37.3 Å². The first-order valence-corrected chi connectivity index (χ1v) is 9.86. The lowest BCUT2D eigenvalue weighted by Crippen LogP contribution is -2.23. The molecule has 2 aromatic heterocycles. The van der Waals surface area contributed by atoms with Gasteiger partial charge in [0, 0.05) is 30.3 Å². The van der Waals surface area contributed by atoms with Gasteiger partial charge in [-0.2, -0.15) is 16.3 Å². The summed E-state index contributed by atoms with van der Waals surface area (Å²) in [6.07, 6.45) is 0.887. The van der Waals surface area contributed by atoms with Crippen LogP contribution in [0.4, 0.5) is 0 Å². The van der Waals surface area contributed by atoms with E-state index in [0.717, 1.165) is 16.7 Å². The number of nitrogens with one attached hydrogen (secondary N) is 1. The first-order chi connectivity index (χ1) is 13.1. The summed E-state index contributed by atoms with van der Waals surface area (Å²) in [5, 5.41) is 10.8. The fourth-order valence-corrected chi connectivity index (χ4v) is 3.13. The second-order valence-corrected chi connectivity index (χ2v) is 7.21. The van der Waals surface area contributed by atoms with Crippen molar-refractivity contribution in [3.05, 3.63) is 58.1 Å². The van der Waals surface area contributed by atoms with Gasteiger partial charge in [0.05, 0.1) is 12.7 Å². The molecule has 0 fully saturated rings. The molecule has 0 aliphatic carbocycles. The van der Waals surface area contributed by atoms with Crippen molar-refractivity contribution in [2.24, 2.45) is 0 Å². The highest BCUT2D eigenvalue weighted by Crippen LogP contribution is 2.19. The Kier molecular flexibility index (Phi) is 6.73. The quantitative estimate of drug-likeness (QED) is 0.603. The Hall–Kier alpha value is -2.51. The van der Waals surface area contributed by atoms with E-state index in [0.29, 0.717) is 37.7 Å². The fourth-order valence-electron chi connectivity index (χ4n) is 2.50. The van der Waals surface area contributed by atoms with Gasteiger partial charge in [-0.05, 0) is 36.4 Å². The van der Waals surface area contributed by atoms with Crippen LogP contribution >= 0.6 is 11.3 Å². The number of hydrogen-bond acceptors (Lipinski definition) is 6. The predicted molar refractivity (Wildman–Crippen MR) is 104 cm³/mol. The summed E-state index contributed by atoms with van der Waals surface area (Å²) in [6.45, 7) is 5.02. The molecule has 2 heterocycles. The lowest BCUT2D eigenvalue weighted by Gasteiger charge is -2.12. The molecule has 0 aliphatic rings. The van der Waals surface area contributed by atoms with Crippen LogP contribution in [0.5, 0.6) is 0 Å². The number of thiophene rings is 1. The maximum absolute atomic E-state index is 12.2. The minimum atomic E-state index is -0.0511. The third-order valence-electron chi connectivity index (χ3n) is 3.98. The first kappa shape index (κ1) is 19.3. The van der Waals surface area contributed by atoms with Crippen molar-refractivity contribution in [1.82, 2.24) is 15.5 Å². The van der Waals surface area contributed by atoms with E-state index in [-0.39, 0.29) is 12.0 Å². The Balaban J connectivity index is 1.48. The van der Waals surface area contributed by atoms with Crippen molar-refractivity contribution in [2.75, 3.05) is 0 Å². The smallest absolute Gasteiger partial charge is 0.227 e. The summed E-state index contributed by atoms with van der Waals surface area (Å²) >= 11 is 1.58. The van der Waals surface area contributed by atoms with Gasteiger partial charge in [0.2, 0.25) is 17.6 Å². The van der Waals surface area contributed by atoms with Crippen LogP contribution in [0.25, 0.3) is 11.4 Å². The normalized spacial score (nSPS) is 11.1. The number of benzene rings is 1. The van der Waals surface area contributed by atoms with Gasteiger partial charge in [-0.25, -0.2) is 0 Å². The van der Waals surface area contributed by atoms with Gasteiger partial charge in [0.15, 0.2) is 0 Å². The van der Waals surface area contributed by atoms with Crippen LogP contribution in [0.15, 0.2) is 45.6 Å². The van der Waals surface area contributed by atoms with Crippen molar-refractivity contribution in [2.45, 2.75) is 45.9 Å². The molecule has 1 aromatic carbocycles. The van der Waals surface area contributed by atoms with Crippen LogP contribution in [0.2, 0.25) is 0 Å².